The molecule has 0 aliphatic carbocycles. The molecule has 124 valence electrons. The molecule has 1 unspecified atom stereocenters. The van der Waals surface area contributed by atoms with Crippen LogP contribution in [0.15, 0.2) is 0 Å². The van der Waals surface area contributed by atoms with Crippen molar-refractivity contribution in [3.63, 3.8) is 0 Å². The molecule has 7 heteroatoms. The lowest BCUT2D eigenvalue weighted by molar-refractivity contribution is -0.289. The molecule has 0 aromatic heterocycles. The Morgan fingerprint density at radius 2 is 1.71 bits per heavy atom. The topological polar surface area (TPSA) is 75.3 Å². The minimum absolute atomic E-state index is 0.0319. The number of ether oxygens (including phenoxy) is 5. The Labute approximate surface area is 126 Å². The van der Waals surface area contributed by atoms with Crippen LogP contribution >= 0.6 is 0 Å². The summed E-state index contributed by atoms with van der Waals surface area (Å²) in [6.45, 7) is 5.72. The first-order chi connectivity index (χ1) is 9.98. The van der Waals surface area contributed by atoms with Crippen LogP contribution in [0.1, 0.15) is 27.2 Å². The van der Waals surface area contributed by atoms with Crippen molar-refractivity contribution >= 4 is 6.09 Å². The van der Waals surface area contributed by atoms with Crippen molar-refractivity contribution in [3.8, 4) is 0 Å². The molecular weight excluding hydrogens is 278 g/mol. The van der Waals surface area contributed by atoms with Gasteiger partial charge in [-0.1, -0.05) is 6.92 Å². The predicted molar refractivity (Wildman–Crippen MR) is 76.1 cm³/mol. The number of hydrogen-bond acceptors (Lipinski definition) is 6. The minimum atomic E-state index is -0.842. The van der Waals surface area contributed by atoms with E-state index in [0.717, 1.165) is 6.42 Å². The fourth-order valence-electron chi connectivity index (χ4n) is 2.35. The highest BCUT2D eigenvalue weighted by Gasteiger charge is 2.47. The van der Waals surface area contributed by atoms with E-state index in [4.69, 9.17) is 23.7 Å². The zero-order valence-corrected chi connectivity index (χ0v) is 13.6. The van der Waals surface area contributed by atoms with Crippen LogP contribution < -0.4 is 5.32 Å². The highest BCUT2D eigenvalue weighted by Crippen LogP contribution is 2.27. The molecule has 1 saturated heterocycles. The summed E-state index contributed by atoms with van der Waals surface area (Å²) in [5, 5.41) is 2.73. The number of carbonyl (C=O) groups is 1. The summed E-state index contributed by atoms with van der Waals surface area (Å²) in [5.74, 6) is 0. The first-order valence-corrected chi connectivity index (χ1v) is 7.19. The van der Waals surface area contributed by atoms with Crippen LogP contribution in [0.2, 0.25) is 0 Å². The Bertz CT molecular complexity index is 327. The van der Waals surface area contributed by atoms with E-state index in [1.54, 1.807) is 14.2 Å². The zero-order valence-electron chi connectivity index (χ0n) is 13.6. The molecule has 7 nitrogen and oxygen atoms in total. The average Bonchev–Trinajstić information content (AvgIpc) is 2.46. The Morgan fingerprint density at radius 3 is 2.19 bits per heavy atom. The summed E-state index contributed by atoms with van der Waals surface area (Å²) < 4.78 is 27.2. The number of alkyl carbamates (subject to hydrolysis) is 1. The number of methoxy groups -OCH3 is 3. The molecule has 1 N–H and O–H groups in total. The third-order valence-corrected chi connectivity index (χ3v) is 3.74. The van der Waals surface area contributed by atoms with E-state index >= 15 is 0 Å². The first-order valence-electron chi connectivity index (χ1n) is 7.19. The maximum atomic E-state index is 11.9. The van der Waals surface area contributed by atoms with Gasteiger partial charge in [-0.25, -0.2) is 4.79 Å². The van der Waals surface area contributed by atoms with Crippen molar-refractivity contribution in [1.29, 1.82) is 0 Å². The molecular formula is C14H27NO6. The van der Waals surface area contributed by atoms with Gasteiger partial charge in [-0.3, -0.25) is 0 Å². The molecule has 0 spiro atoms. The van der Waals surface area contributed by atoms with Gasteiger partial charge in [-0.05, 0) is 20.3 Å². The van der Waals surface area contributed by atoms with Gasteiger partial charge >= 0.3 is 6.09 Å². The van der Waals surface area contributed by atoms with Gasteiger partial charge in [0.25, 0.3) is 0 Å². The highest BCUT2D eigenvalue weighted by molar-refractivity contribution is 5.67. The largest absolute Gasteiger partial charge is 0.417 e. The predicted octanol–water partition coefficient (Wildman–Crippen LogP) is 1.30. The molecule has 1 aliphatic rings. The van der Waals surface area contributed by atoms with E-state index in [9.17, 15) is 4.79 Å². The second-order valence-corrected chi connectivity index (χ2v) is 5.17. The molecule has 6 atom stereocenters. The lowest BCUT2D eigenvalue weighted by Gasteiger charge is -2.43. The van der Waals surface area contributed by atoms with Crippen LogP contribution in [-0.4, -0.2) is 64.2 Å². The van der Waals surface area contributed by atoms with E-state index in [2.05, 4.69) is 5.32 Å². The SMILES string of the molecule is CCC(C)NC(=O)O[C@@H]1O[C@@H](C)[C@H](OC)[C@@H](OC)[C@H]1OC. The summed E-state index contributed by atoms with van der Waals surface area (Å²) >= 11 is 0. The van der Waals surface area contributed by atoms with Crippen LogP contribution in [0.4, 0.5) is 4.79 Å². The Balaban J connectivity index is 2.74. The van der Waals surface area contributed by atoms with Gasteiger partial charge in [-0.15, -0.1) is 0 Å². The first kappa shape index (κ1) is 18.2. The number of rotatable bonds is 6. The molecule has 1 fully saturated rings. The summed E-state index contributed by atoms with van der Waals surface area (Å²) in [5.41, 5.74) is 0. The molecule has 1 rings (SSSR count). The molecule has 21 heavy (non-hydrogen) atoms. The lowest BCUT2D eigenvalue weighted by Crippen LogP contribution is -2.60. The molecule has 0 radical (unpaired) electrons. The molecule has 0 aromatic carbocycles. The van der Waals surface area contributed by atoms with Crippen LogP contribution in [0, 0.1) is 0 Å². The van der Waals surface area contributed by atoms with E-state index in [-0.39, 0.29) is 24.4 Å². The van der Waals surface area contributed by atoms with Gasteiger partial charge in [0.1, 0.15) is 18.3 Å². The standard InChI is InChI=1S/C14H27NO6/c1-7-8(2)15-14(16)21-13-12(19-6)11(18-5)10(17-4)9(3)20-13/h8-13H,7H2,1-6H3,(H,15,16)/t8?,9-,10-,11+,12+,13-/m0/s1. The van der Waals surface area contributed by atoms with Gasteiger partial charge in [0.05, 0.1) is 6.10 Å². The molecule has 1 amide bonds. The molecule has 0 bridgehead atoms. The smallest absolute Gasteiger partial charge is 0.409 e. The molecule has 1 aliphatic heterocycles. The van der Waals surface area contributed by atoms with Crippen molar-refractivity contribution in [1.82, 2.24) is 5.32 Å². The van der Waals surface area contributed by atoms with Gasteiger partial charge in [0.2, 0.25) is 6.29 Å². The van der Waals surface area contributed by atoms with E-state index in [1.165, 1.54) is 7.11 Å². The number of amides is 1. The molecule has 0 aromatic rings. The summed E-state index contributed by atoms with van der Waals surface area (Å²) in [7, 11) is 4.67. The number of nitrogens with one attached hydrogen (secondary N) is 1. The van der Waals surface area contributed by atoms with Gasteiger partial charge in [0, 0.05) is 27.4 Å². The third kappa shape index (κ3) is 4.54. The van der Waals surface area contributed by atoms with Gasteiger partial charge in [0.15, 0.2) is 0 Å². The second kappa shape index (κ2) is 8.53. The molecule has 1 heterocycles. The minimum Gasteiger partial charge on any atom is -0.417 e. The van der Waals surface area contributed by atoms with Crippen molar-refractivity contribution in [3.05, 3.63) is 0 Å². The van der Waals surface area contributed by atoms with Crippen molar-refractivity contribution in [2.75, 3.05) is 21.3 Å². The fraction of sp³-hybridized carbons (Fsp3) is 0.929. The van der Waals surface area contributed by atoms with E-state index in [1.807, 2.05) is 20.8 Å². The van der Waals surface area contributed by atoms with Crippen LogP contribution in [0.5, 0.6) is 0 Å². The average molecular weight is 305 g/mol. The van der Waals surface area contributed by atoms with Crippen LogP contribution in [0.25, 0.3) is 0 Å². The summed E-state index contributed by atoms with van der Waals surface area (Å²) in [4.78, 5) is 11.9. The Kier molecular flexibility index (Phi) is 7.37. The quantitative estimate of drug-likeness (QED) is 0.797. The number of hydrogen-bond donors (Lipinski definition) is 1. The third-order valence-electron chi connectivity index (χ3n) is 3.74. The Morgan fingerprint density at radius 1 is 1.14 bits per heavy atom. The van der Waals surface area contributed by atoms with Gasteiger partial charge < -0.3 is 29.0 Å². The second-order valence-electron chi connectivity index (χ2n) is 5.17. The van der Waals surface area contributed by atoms with E-state index in [0.29, 0.717) is 0 Å². The van der Waals surface area contributed by atoms with Crippen LogP contribution in [0.3, 0.4) is 0 Å². The van der Waals surface area contributed by atoms with Gasteiger partial charge in [-0.2, -0.15) is 0 Å². The van der Waals surface area contributed by atoms with Crippen molar-refractivity contribution < 1.29 is 28.5 Å². The lowest BCUT2D eigenvalue weighted by atomic mass is 9.99. The monoisotopic (exact) mass is 305 g/mol. The summed E-state index contributed by atoms with van der Waals surface area (Å²) in [6, 6.07) is 0.0319. The zero-order chi connectivity index (χ0) is 16.0. The number of carbonyl (C=O) groups excluding carboxylic acids is 1. The molecule has 0 saturated carbocycles. The van der Waals surface area contributed by atoms with E-state index < -0.39 is 18.5 Å². The summed E-state index contributed by atoms with van der Waals surface area (Å²) in [6.07, 6.45) is -2.08. The highest BCUT2D eigenvalue weighted by atomic mass is 16.7. The van der Waals surface area contributed by atoms with Crippen LogP contribution in [-0.2, 0) is 23.7 Å². The van der Waals surface area contributed by atoms with Crippen molar-refractivity contribution in [2.45, 2.75) is 63.9 Å². The Hall–Kier alpha value is -0.890. The maximum Gasteiger partial charge on any atom is 0.409 e. The maximum absolute atomic E-state index is 11.9. The fourth-order valence-corrected chi connectivity index (χ4v) is 2.35. The normalized spacial score (nSPS) is 34.3. The van der Waals surface area contributed by atoms with Crippen molar-refractivity contribution in [2.24, 2.45) is 0 Å².